The molecule has 10 nitrogen and oxygen atoms in total. The van der Waals surface area contributed by atoms with Crippen LogP contribution in [-0.2, 0) is 25.5 Å². The van der Waals surface area contributed by atoms with E-state index in [-0.39, 0.29) is 48.3 Å². The number of unbranched alkanes of at least 4 members (excludes halogenated alkanes) is 4. The van der Waals surface area contributed by atoms with Crippen LogP contribution in [0.4, 0.5) is 0 Å². The van der Waals surface area contributed by atoms with E-state index in [1.807, 2.05) is 56.4 Å². The molecule has 1 aromatic rings. The number of hydrogen-bond donors (Lipinski definition) is 6. The summed E-state index contributed by atoms with van der Waals surface area (Å²) in [5.41, 5.74) is 1.22. The van der Waals surface area contributed by atoms with Crippen molar-refractivity contribution < 1.29 is 49.7 Å². The van der Waals surface area contributed by atoms with Crippen molar-refractivity contribution in [3.63, 3.8) is 0 Å². The highest BCUT2D eigenvalue weighted by Crippen LogP contribution is 2.45. The number of rotatable bonds is 23. The highest BCUT2D eigenvalue weighted by atomic mass is 16.5. The number of allylic oxidation sites excluding steroid dienone is 4. The molecule has 0 aromatic heterocycles. The number of aryl methyl sites for hydroxylation is 1. The molecule has 0 unspecified atom stereocenters. The van der Waals surface area contributed by atoms with Crippen LogP contribution < -0.4 is 0 Å². The van der Waals surface area contributed by atoms with Crippen molar-refractivity contribution in [3.8, 4) is 0 Å². The van der Waals surface area contributed by atoms with E-state index in [0.717, 1.165) is 57.1 Å². The van der Waals surface area contributed by atoms with Crippen LogP contribution in [0, 0.1) is 23.7 Å². The lowest BCUT2D eigenvalue weighted by molar-refractivity contribution is -0.147. The van der Waals surface area contributed by atoms with E-state index in [1.54, 1.807) is 0 Å². The Balaban J connectivity index is 0.000000307. The molecule has 10 heteroatoms. The largest absolute Gasteiger partial charge is 0.495 e. The van der Waals surface area contributed by atoms with Gasteiger partial charge >= 0.3 is 11.9 Å². The van der Waals surface area contributed by atoms with Gasteiger partial charge in [0, 0.05) is 37.5 Å². The molecule has 3 aliphatic rings. The Morgan fingerprint density at radius 3 is 2.32 bits per heavy atom. The number of carboxylic acid groups (broad SMARTS) is 1. The fourth-order valence-corrected chi connectivity index (χ4v) is 8.33. The lowest BCUT2D eigenvalue weighted by atomic mass is 9.85. The zero-order valence-corrected chi connectivity index (χ0v) is 34.2. The van der Waals surface area contributed by atoms with Crippen molar-refractivity contribution >= 4 is 11.9 Å². The molecule has 6 N–H and O–H groups in total. The van der Waals surface area contributed by atoms with Gasteiger partial charge in [0.1, 0.15) is 6.10 Å². The van der Waals surface area contributed by atoms with Gasteiger partial charge in [-0.3, -0.25) is 9.59 Å². The summed E-state index contributed by atoms with van der Waals surface area (Å²) in [5.74, 6) is 0.285. The Kier molecular flexibility index (Phi) is 22.0. The predicted molar refractivity (Wildman–Crippen MR) is 218 cm³/mol. The summed E-state index contributed by atoms with van der Waals surface area (Å²) in [7, 11) is 0. The Morgan fingerprint density at radius 1 is 0.875 bits per heavy atom. The number of aliphatic hydroxyl groups is 5. The molecule has 0 spiro atoms. The quantitative estimate of drug-likeness (QED) is 0.0369. The maximum Gasteiger partial charge on any atom is 0.306 e. The monoisotopic (exact) mass is 785 g/mol. The standard InChI is InChI=1S/C26H40O5.C20H32O5/c1-19(2)31-26(30)13-9-4-3-8-12-22-23(25(29)18-24(22)28)17-16-21(27)15-14-20-10-6-5-7-11-20;1-2-3-4-7-14(21)10-11-16-17-12-15(8-5-6-9-20(23)24)25-19(17)13-18(16)22/h3,5-8,10-11,19,21-25,27-29H,4,9,12-18H2,1-2H3;8,10-11,14,16-19,21-22H,2-7,9,12-13H2,1H3,(H,23,24)/b8-3-;11-10+,15-8-/t21-,22+,23+,24-,25+;14-,16+,17+,18+,19-/m00/s1. The average molecular weight is 785 g/mol. The summed E-state index contributed by atoms with van der Waals surface area (Å²) in [6.07, 6.45) is 20.5. The Hall–Kier alpha value is -3.02. The first-order valence-electron chi connectivity index (χ1n) is 21.4. The second kappa shape index (κ2) is 26.1. The van der Waals surface area contributed by atoms with E-state index >= 15 is 0 Å². The Labute approximate surface area is 335 Å². The van der Waals surface area contributed by atoms with Gasteiger partial charge in [-0.05, 0) is 108 Å². The molecule has 56 heavy (non-hydrogen) atoms. The van der Waals surface area contributed by atoms with Crippen LogP contribution in [0.25, 0.3) is 0 Å². The van der Waals surface area contributed by atoms with E-state index in [4.69, 9.17) is 14.6 Å². The molecule has 1 saturated heterocycles. The number of carboxylic acids is 1. The fourth-order valence-electron chi connectivity index (χ4n) is 8.33. The molecule has 3 fully saturated rings. The second-order valence-electron chi connectivity index (χ2n) is 16.4. The van der Waals surface area contributed by atoms with Crippen molar-refractivity contribution in [1.29, 1.82) is 0 Å². The smallest absolute Gasteiger partial charge is 0.306 e. The molecule has 2 aliphatic carbocycles. The molecular weight excluding hydrogens is 712 g/mol. The summed E-state index contributed by atoms with van der Waals surface area (Å²) in [5, 5.41) is 60.2. The van der Waals surface area contributed by atoms with Gasteiger partial charge in [0.2, 0.25) is 0 Å². The minimum Gasteiger partial charge on any atom is -0.495 e. The van der Waals surface area contributed by atoms with Crippen molar-refractivity contribution in [2.45, 2.75) is 179 Å². The predicted octanol–water partition coefficient (Wildman–Crippen LogP) is 7.59. The number of carbonyl (C=O) groups excluding carboxylic acids is 1. The van der Waals surface area contributed by atoms with Gasteiger partial charge in [-0.15, -0.1) is 0 Å². The first-order valence-corrected chi connectivity index (χ1v) is 21.4. The van der Waals surface area contributed by atoms with Gasteiger partial charge in [-0.25, -0.2) is 0 Å². The van der Waals surface area contributed by atoms with Crippen LogP contribution >= 0.6 is 0 Å². The Morgan fingerprint density at radius 2 is 1.61 bits per heavy atom. The summed E-state index contributed by atoms with van der Waals surface area (Å²) < 4.78 is 11.1. The normalized spacial score (nSPS) is 27.7. The molecule has 0 bridgehead atoms. The highest BCUT2D eigenvalue weighted by Gasteiger charge is 2.47. The SMILES string of the molecule is CC(C)OC(=O)CCC/C=C\C[C@@H]1[C@@H](CC[C@@H](O)CCc2ccccc2)[C@H](O)C[C@@H]1O.CCCCC[C@H](O)/C=C/[C@@H]1[C@H]2C/C(=C/CCCC(=O)O)O[C@H]2C[C@H]1O. The van der Waals surface area contributed by atoms with Crippen molar-refractivity contribution in [2.75, 3.05) is 0 Å². The van der Waals surface area contributed by atoms with Crippen molar-refractivity contribution in [3.05, 3.63) is 72.0 Å². The molecule has 4 rings (SSSR count). The third-order valence-electron chi connectivity index (χ3n) is 11.4. The van der Waals surface area contributed by atoms with E-state index < -0.39 is 36.5 Å². The van der Waals surface area contributed by atoms with Gasteiger partial charge in [-0.2, -0.15) is 0 Å². The van der Waals surface area contributed by atoms with Crippen molar-refractivity contribution in [2.24, 2.45) is 23.7 Å². The van der Waals surface area contributed by atoms with Crippen LogP contribution in [0.2, 0.25) is 0 Å². The van der Waals surface area contributed by atoms with Gasteiger partial charge in [-0.1, -0.05) is 80.8 Å². The topological polar surface area (TPSA) is 174 Å². The van der Waals surface area contributed by atoms with Crippen LogP contribution in [0.3, 0.4) is 0 Å². The number of aliphatic carboxylic acids is 1. The van der Waals surface area contributed by atoms with E-state index in [9.17, 15) is 35.1 Å². The van der Waals surface area contributed by atoms with Gasteiger partial charge in [0.15, 0.2) is 0 Å². The summed E-state index contributed by atoms with van der Waals surface area (Å²) >= 11 is 0. The average Bonchev–Trinajstić information content (AvgIpc) is 3.77. The second-order valence-corrected chi connectivity index (χ2v) is 16.4. The van der Waals surface area contributed by atoms with Gasteiger partial charge in [0.25, 0.3) is 0 Å². The summed E-state index contributed by atoms with van der Waals surface area (Å²) in [4.78, 5) is 22.1. The molecule has 0 radical (unpaired) electrons. The zero-order chi connectivity index (χ0) is 40.9. The minimum atomic E-state index is -0.770. The maximum absolute atomic E-state index is 11.5. The number of hydrogen-bond acceptors (Lipinski definition) is 9. The van der Waals surface area contributed by atoms with E-state index in [0.29, 0.717) is 57.8 Å². The first-order chi connectivity index (χ1) is 26.9. The van der Waals surface area contributed by atoms with Crippen LogP contribution in [-0.4, -0.2) is 85.3 Å². The van der Waals surface area contributed by atoms with Crippen LogP contribution in [0.15, 0.2) is 66.5 Å². The molecule has 2 saturated carbocycles. The first kappa shape index (κ1) is 47.4. The number of fused-ring (bicyclic) bond motifs is 1. The molecule has 0 amide bonds. The molecule has 316 valence electrons. The lowest BCUT2D eigenvalue weighted by Gasteiger charge is -2.23. The third kappa shape index (κ3) is 17.6. The third-order valence-corrected chi connectivity index (χ3v) is 11.4. The molecule has 10 atom stereocenters. The fraction of sp³-hybridized carbons (Fsp3) is 0.696. The molecule has 1 aliphatic heterocycles. The number of benzene rings is 1. The lowest BCUT2D eigenvalue weighted by Crippen LogP contribution is -2.23. The minimum absolute atomic E-state index is 0.00652. The number of carbonyl (C=O) groups is 2. The number of aliphatic hydroxyl groups excluding tert-OH is 5. The van der Waals surface area contributed by atoms with Gasteiger partial charge in [0.05, 0.1) is 42.4 Å². The summed E-state index contributed by atoms with van der Waals surface area (Å²) in [6, 6.07) is 10.1. The van der Waals surface area contributed by atoms with Gasteiger partial charge < -0.3 is 40.1 Å². The molecular formula is C46H72O10. The van der Waals surface area contributed by atoms with Crippen LogP contribution in [0.1, 0.15) is 135 Å². The number of esters is 1. The Bertz CT molecular complexity index is 1340. The highest BCUT2D eigenvalue weighted by molar-refractivity contribution is 5.69. The summed E-state index contributed by atoms with van der Waals surface area (Å²) in [6.45, 7) is 5.83. The molecule has 1 aromatic carbocycles. The van der Waals surface area contributed by atoms with Crippen LogP contribution in [0.5, 0.6) is 0 Å². The van der Waals surface area contributed by atoms with E-state index in [1.165, 1.54) is 5.56 Å². The number of ether oxygens (including phenoxy) is 2. The van der Waals surface area contributed by atoms with Crippen molar-refractivity contribution in [1.82, 2.24) is 0 Å². The zero-order valence-electron chi connectivity index (χ0n) is 34.2. The molecule has 1 heterocycles. The van der Waals surface area contributed by atoms with E-state index in [2.05, 4.69) is 25.1 Å². The maximum atomic E-state index is 11.5.